The molecule has 2 aliphatic heterocycles. The van der Waals surface area contributed by atoms with E-state index in [9.17, 15) is 0 Å². The molecule has 0 amide bonds. The van der Waals surface area contributed by atoms with Gasteiger partial charge >= 0.3 is 0 Å². The SMILES string of the molecule is CN=C(NCc1ccc(C#N)cc1)N1CC2OCCN(Cc3ccccc3)C2C1.I. The number of benzene rings is 2. The molecule has 2 aromatic rings. The molecule has 6 nitrogen and oxygen atoms in total. The summed E-state index contributed by atoms with van der Waals surface area (Å²) in [5.41, 5.74) is 3.15. The van der Waals surface area contributed by atoms with E-state index < -0.39 is 0 Å². The average molecular weight is 517 g/mol. The van der Waals surface area contributed by atoms with Gasteiger partial charge in [0.15, 0.2) is 5.96 Å². The summed E-state index contributed by atoms with van der Waals surface area (Å²) >= 11 is 0. The van der Waals surface area contributed by atoms with Crippen LogP contribution in [0.15, 0.2) is 59.6 Å². The van der Waals surface area contributed by atoms with E-state index >= 15 is 0 Å². The minimum Gasteiger partial charge on any atom is -0.373 e. The zero-order valence-electron chi connectivity index (χ0n) is 17.2. The number of morpholine rings is 1. The second-order valence-electron chi connectivity index (χ2n) is 7.55. The Hall–Kier alpha value is -2.15. The molecular formula is C23H28IN5O. The fraction of sp³-hybridized carbons (Fsp3) is 0.391. The van der Waals surface area contributed by atoms with E-state index in [4.69, 9.17) is 10.00 Å². The van der Waals surface area contributed by atoms with Gasteiger partial charge in [-0.25, -0.2) is 0 Å². The van der Waals surface area contributed by atoms with Gasteiger partial charge < -0.3 is 15.0 Å². The lowest BCUT2D eigenvalue weighted by Crippen LogP contribution is -2.50. The predicted octanol–water partition coefficient (Wildman–Crippen LogP) is 2.84. The number of aliphatic imine (C=N–C) groups is 1. The fourth-order valence-corrected chi connectivity index (χ4v) is 4.16. The summed E-state index contributed by atoms with van der Waals surface area (Å²) in [6.07, 6.45) is 0.209. The summed E-state index contributed by atoms with van der Waals surface area (Å²) < 4.78 is 6.09. The average Bonchev–Trinajstić information content (AvgIpc) is 3.20. The van der Waals surface area contributed by atoms with Crippen molar-refractivity contribution in [3.8, 4) is 6.07 Å². The van der Waals surface area contributed by atoms with Crippen molar-refractivity contribution < 1.29 is 4.74 Å². The minimum absolute atomic E-state index is 0. The van der Waals surface area contributed by atoms with Crippen molar-refractivity contribution in [1.82, 2.24) is 15.1 Å². The first kappa shape index (κ1) is 22.5. The van der Waals surface area contributed by atoms with E-state index in [0.717, 1.165) is 44.3 Å². The van der Waals surface area contributed by atoms with E-state index in [1.165, 1.54) is 5.56 Å². The molecule has 2 unspecified atom stereocenters. The Kier molecular flexibility index (Phi) is 8.08. The standard InChI is InChI=1S/C23H27N5O.HI/c1-25-23(26-14-19-9-7-18(13-24)8-10-19)28-16-21-22(17-28)29-12-11-27(21)15-20-5-3-2-4-6-20;/h2-10,21-22H,11-12,14-17H2,1H3,(H,25,26);1H. The lowest BCUT2D eigenvalue weighted by atomic mass is 10.1. The quantitative estimate of drug-likeness (QED) is 0.384. The Morgan fingerprint density at radius 2 is 1.90 bits per heavy atom. The van der Waals surface area contributed by atoms with E-state index in [-0.39, 0.29) is 30.1 Å². The molecule has 158 valence electrons. The number of nitrogens with one attached hydrogen (secondary N) is 1. The highest BCUT2D eigenvalue weighted by Crippen LogP contribution is 2.24. The van der Waals surface area contributed by atoms with Gasteiger partial charge in [0.2, 0.25) is 0 Å². The van der Waals surface area contributed by atoms with Gasteiger partial charge in [-0.3, -0.25) is 9.89 Å². The molecule has 2 saturated heterocycles. The summed E-state index contributed by atoms with van der Waals surface area (Å²) in [7, 11) is 1.83. The molecule has 4 rings (SSSR count). The van der Waals surface area contributed by atoms with Gasteiger partial charge in [0.05, 0.1) is 30.4 Å². The molecule has 0 spiro atoms. The molecule has 2 fully saturated rings. The first-order chi connectivity index (χ1) is 14.3. The summed E-state index contributed by atoms with van der Waals surface area (Å²) in [5, 5.41) is 12.4. The zero-order valence-corrected chi connectivity index (χ0v) is 19.5. The molecular weight excluding hydrogens is 489 g/mol. The van der Waals surface area contributed by atoms with Gasteiger partial charge in [-0.05, 0) is 23.3 Å². The van der Waals surface area contributed by atoms with Crippen LogP contribution in [0.25, 0.3) is 0 Å². The van der Waals surface area contributed by atoms with Crippen LogP contribution in [0.2, 0.25) is 0 Å². The number of nitrogens with zero attached hydrogens (tertiary/aromatic N) is 4. The summed E-state index contributed by atoms with van der Waals surface area (Å²) in [6, 6.07) is 20.8. The largest absolute Gasteiger partial charge is 0.373 e. The Balaban J connectivity index is 0.00000256. The molecule has 7 heteroatoms. The molecule has 1 N–H and O–H groups in total. The molecule has 0 aliphatic carbocycles. The third-order valence-electron chi connectivity index (χ3n) is 5.69. The Labute approximate surface area is 195 Å². The van der Waals surface area contributed by atoms with E-state index in [2.05, 4.69) is 56.5 Å². The first-order valence-corrected chi connectivity index (χ1v) is 10.1. The van der Waals surface area contributed by atoms with Crippen molar-refractivity contribution in [2.24, 2.45) is 4.99 Å². The lowest BCUT2D eigenvalue weighted by molar-refractivity contribution is -0.0502. The number of likely N-dealkylation sites (tertiary alicyclic amines) is 1. The van der Waals surface area contributed by atoms with Crippen LogP contribution >= 0.6 is 24.0 Å². The highest BCUT2D eigenvalue weighted by molar-refractivity contribution is 14.0. The fourth-order valence-electron chi connectivity index (χ4n) is 4.16. The third-order valence-corrected chi connectivity index (χ3v) is 5.69. The van der Waals surface area contributed by atoms with Crippen molar-refractivity contribution in [3.63, 3.8) is 0 Å². The lowest BCUT2D eigenvalue weighted by Gasteiger charge is -2.36. The Morgan fingerprint density at radius 1 is 1.13 bits per heavy atom. The molecule has 2 aliphatic rings. The van der Waals surface area contributed by atoms with Crippen molar-refractivity contribution in [2.75, 3.05) is 33.3 Å². The second kappa shape index (κ2) is 10.8. The number of hydrogen-bond donors (Lipinski definition) is 1. The summed E-state index contributed by atoms with van der Waals surface area (Å²) in [5.74, 6) is 0.895. The van der Waals surface area contributed by atoms with Crippen LogP contribution in [0, 0.1) is 11.3 Å². The normalized spacial score (nSPS) is 21.5. The molecule has 2 heterocycles. The molecule has 0 saturated carbocycles. The molecule has 2 atom stereocenters. The predicted molar refractivity (Wildman–Crippen MR) is 129 cm³/mol. The monoisotopic (exact) mass is 517 g/mol. The van der Waals surface area contributed by atoms with Crippen LogP contribution in [-0.2, 0) is 17.8 Å². The van der Waals surface area contributed by atoms with Crippen LogP contribution in [-0.4, -0.2) is 61.2 Å². The van der Waals surface area contributed by atoms with Gasteiger partial charge in [0, 0.05) is 39.8 Å². The number of guanidine groups is 1. The van der Waals surface area contributed by atoms with Gasteiger partial charge in [0.1, 0.15) is 0 Å². The number of fused-ring (bicyclic) bond motifs is 1. The highest BCUT2D eigenvalue weighted by Gasteiger charge is 2.41. The number of ether oxygens (including phenoxy) is 1. The Morgan fingerprint density at radius 3 is 2.60 bits per heavy atom. The maximum atomic E-state index is 8.94. The summed E-state index contributed by atoms with van der Waals surface area (Å²) in [4.78, 5) is 9.32. The van der Waals surface area contributed by atoms with Crippen LogP contribution < -0.4 is 5.32 Å². The van der Waals surface area contributed by atoms with Crippen molar-refractivity contribution in [1.29, 1.82) is 5.26 Å². The molecule has 0 aromatic heterocycles. The number of rotatable bonds is 4. The molecule has 0 radical (unpaired) electrons. The van der Waals surface area contributed by atoms with Gasteiger partial charge in [-0.2, -0.15) is 5.26 Å². The zero-order chi connectivity index (χ0) is 20.1. The first-order valence-electron chi connectivity index (χ1n) is 10.1. The number of nitriles is 1. The van der Waals surface area contributed by atoms with E-state index in [0.29, 0.717) is 18.2 Å². The molecule has 30 heavy (non-hydrogen) atoms. The van der Waals surface area contributed by atoms with Crippen LogP contribution in [0.5, 0.6) is 0 Å². The van der Waals surface area contributed by atoms with E-state index in [1.807, 2.05) is 31.3 Å². The molecule has 2 aromatic carbocycles. The van der Waals surface area contributed by atoms with Crippen molar-refractivity contribution >= 4 is 29.9 Å². The molecule has 0 bridgehead atoms. The maximum absolute atomic E-state index is 8.94. The highest BCUT2D eigenvalue weighted by atomic mass is 127. The van der Waals surface area contributed by atoms with E-state index in [1.54, 1.807) is 0 Å². The van der Waals surface area contributed by atoms with Crippen molar-refractivity contribution in [2.45, 2.75) is 25.2 Å². The Bertz CT molecular complexity index is 881. The summed E-state index contributed by atoms with van der Waals surface area (Å²) in [6.45, 7) is 5.13. The van der Waals surface area contributed by atoms with Crippen LogP contribution in [0.4, 0.5) is 0 Å². The number of hydrogen-bond acceptors (Lipinski definition) is 4. The van der Waals surface area contributed by atoms with Crippen LogP contribution in [0.1, 0.15) is 16.7 Å². The van der Waals surface area contributed by atoms with Crippen LogP contribution in [0.3, 0.4) is 0 Å². The van der Waals surface area contributed by atoms with Crippen molar-refractivity contribution in [3.05, 3.63) is 71.3 Å². The third kappa shape index (κ3) is 5.31. The van der Waals surface area contributed by atoms with Gasteiger partial charge in [-0.15, -0.1) is 24.0 Å². The second-order valence-corrected chi connectivity index (χ2v) is 7.55. The van der Waals surface area contributed by atoms with Gasteiger partial charge in [-0.1, -0.05) is 42.5 Å². The topological polar surface area (TPSA) is 63.9 Å². The smallest absolute Gasteiger partial charge is 0.194 e. The van der Waals surface area contributed by atoms with Gasteiger partial charge in [0.25, 0.3) is 0 Å². The number of halogens is 1. The maximum Gasteiger partial charge on any atom is 0.194 e. The minimum atomic E-state index is 0.